The number of hydrogen-bond acceptors (Lipinski definition) is 5. The summed E-state index contributed by atoms with van der Waals surface area (Å²) < 4.78 is 34.4. The van der Waals surface area contributed by atoms with Gasteiger partial charge in [-0.25, -0.2) is 0 Å². The molecule has 0 radical (unpaired) electrons. The van der Waals surface area contributed by atoms with E-state index in [0.717, 1.165) is 11.1 Å². The second-order valence-corrected chi connectivity index (χ2v) is 6.29. The first-order valence-electron chi connectivity index (χ1n) is 6.58. The van der Waals surface area contributed by atoms with Crippen LogP contribution in [-0.4, -0.2) is 13.6 Å². The zero-order chi connectivity index (χ0) is 15.6. The van der Waals surface area contributed by atoms with Crippen molar-refractivity contribution in [3.8, 4) is 17.2 Å². The van der Waals surface area contributed by atoms with Crippen molar-refractivity contribution in [3.05, 3.63) is 66.2 Å². The van der Waals surface area contributed by atoms with Crippen molar-refractivity contribution >= 4 is 10.1 Å². The minimum absolute atomic E-state index is 0.0716. The molecule has 1 aromatic heterocycles. The highest BCUT2D eigenvalue weighted by Crippen LogP contribution is 2.25. The SMILES string of the molecule is Cc1ccc(S(=O)(=O)Oc2cc(-c3ccccc3)on2)cc1. The molecule has 22 heavy (non-hydrogen) atoms. The van der Waals surface area contributed by atoms with E-state index >= 15 is 0 Å². The predicted molar refractivity (Wildman–Crippen MR) is 80.9 cm³/mol. The molecule has 0 saturated heterocycles. The molecule has 0 spiro atoms. The molecule has 2 aromatic carbocycles. The molecule has 3 aromatic rings. The lowest BCUT2D eigenvalue weighted by atomic mass is 10.2. The minimum atomic E-state index is -3.92. The largest absolute Gasteiger partial charge is 0.355 e. The van der Waals surface area contributed by atoms with E-state index in [1.807, 2.05) is 37.3 Å². The fourth-order valence-electron chi connectivity index (χ4n) is 1.90. The number of nitrogens with zero attached hydrogens (tertiary/aromatic N) is 1. The third-order valence-corrected chi connectivity index (χ3v) is 4.29. The van der Waals surface area contributed by atoms with Crippen LogP contribution in [-0.2, 0) is 10.1 Å². The summed E-state index contributed by atoms with van der Waals surface area (Å²) in [5, 5.41) is 3.64. The van der Waals surface area contributed by atoms with E-state index < -0.39 is 10.1 Å². The van der Waals surface area contributed by atoms with Crippen molar-refractivity contribution in [2.45, 2.75) is 11.8 Å². The fourth-order valence-corrected chi connectivity index (χ4v) is 2.77. The van der Waals surface area contributed by atoms with Crippen LogP contribution in [0.1, 0.15) is 5.56 Å². The van der Waals surface area contributed by atoms with Gasteiger partial charge in [0.15, 0.2) is 5.76 Å². The predicted octanol–water partition coefficient (Wildman–Crippen LogP) is 3.42. The molecular weight excluding hydrogens is 302 g/mol. The lowest BCUT2D eigenvalue weighted by Crippen LogP contribution is -2.09. The van der Waals surface area contributed by atoms with Crippen LogP contribution in [0.2, 0.25) is 0 Å². The first kappa shape index (κ1) is 14.3. The Labute approximate surface area is 128 Å². The summed E-state index contributed by atoms with van der Waals surface area (Å²) in [5.74, 6) is 0.342. The average Bonchev–Trinajstić information content (AvgIpc) is 2.96. The molecule has 0 atom stereocenters. The molecule has 0 fully saturated rings. The third-order valence-electron chi connectivity index (χ3n) is 3.05. The molecule has 0 unspecified atom stereocenters. The van der Waals surface area contributed by atoms with E-state index in [1.165, 1.54) is 18.2 Å². The van der Waals surface area contributed by atoms with Crippen molar-refractivity contribution in [1.29, 1.82) is 0 Å². The summed E-state index contributed by atoms with van der Waals surface area (Å²) >= 11 is 0. The van der Waals surface area contributed by atoms with Gasteiger partial charge in [0, 0.05) is 5.56 Å². The highest BCUT2D eigenvalue weighted by Gasteiger charge is 2.19. The van der Waals surface area contributed by atoms with Crippen LogP contribution in [0.4, 0.5) is 0 Å². The summed E-state index contributed by atoms with van der Waals surface area (Å²) in [4.78, 5) is 0.0716. The number of benzene rings is 2. The van der Waals surface area contributed by atoms with Crippen LogP contribution in [0.15, 0.2) is 70.1 Å². The summed E-state index contributed by atoms with van der Waals surface area (Å²) in [5.41, 5.74) is 1.75. The van der Waals surface area contributed by atoms with Gasteiger partial charge in [0.2, 0.25) is 0 Å². The molecule has 5 nitrogen and oxygen atoms in total. The van der Waals surface area contributed by atoms with Crippen molar-refractivity contribution in [1.82, 2.24) is 5.16 Å². The molecule has 6 heteroatoms. The Morgan fingerprint density at radius 2 is 1.68 bits per heavy atom. The van der Waals surface area contributed by atoms with Crippen LogP contribution in [0.25, 0.3) is 11.3 Å². The first-order valence-corrected chi connectivity index (χ1v) is 7.99. The van der Waals surface area contributed by atoms with E-state index in [0.29, 0.717) is 5.76 Å². The van der Waals surface area contributed by atoms with Gasteiger partial charge in [-0.3, -0.25) is 0 Å². The van der Waals surface area contributed by atoms with Crippen LogP contribution in [0.5, 0.6) is 5.88 Å². The van der Waals surface area contributed by atoms with Gasteiger partial charge in [0.25, 0.3) is 5.88 Å². The highest BCUT2D eigenvalue weighted by molar-refractivity contribution is 7.87. The molecule has 112 valence electrons. The van der Waals surface area contributed by atoms with Gasteiger partial charge >= 0.3 is 10.1 Å². The zero-order valence-electron chi connectivity index (χ0n) is 11.8. The molecule has 0 amide bonds. The van der Waals surface area contributed by atoms with Gasteiger partial charge in [-0.2, -0.15) is 8.42 Å². The second kappa shape index (κ2) is 5.65. The molecule has 0 aliphatic rings. The molecule has 3 rings (SSSR count). The smallest absolute Gasteiger partial charge is 0.340 e. The van der Waals surface area contributed by atoms with Crippen molar-refractivity contribution in [2.75, 3.05) is 0 Å². The molecule has 0 aliphatic heterocycles. The van der Waals surface area contributed by atoms with Crippen molar-refractivity contribution in [2.24, 2.45) is 0 Å². The van der Waals surface area contributed by atoms with Crippen molar-refractivity contribution in [3.63, 3.8) is 0 Å². The topological polar surface area (TPSA) is 69.4 Å². The Bertz CT molecular complexity index is 868. The number of rotatable bonds is 4. The summed E-state index contributed by atoms with van der Waals surface area (Å²) in [7, 11) is -3.92. The lowest BCUT2D eigenvalue weighted by molar-refractivity contribution is 0.391. The van der Waals surface area contributed by atoms with Crippen LogP contribution in [0, 0.1) is 6.92 Å². The summed E-state index contributed by atoms with van der Waals surface area (Å²) in [6, 6.07) is 17.1. The normalized spacial score (nSPS) is 11.3. The maximum Gasteiger partial charge on any atom is 0.340 e. The van der Waals surface area contributed by atoms with Crippen LogP contribution < -0.4 is 4.18 Å². The average molecular weight is 315 g/mol. The zero-order valence-corrected chi connectivity index (χ0v) is 12.6. The first-order chi connectivity index (χ1) is 10.5. The second-order valence-electron chi connectivity index (χ2n) is 4.75. The van der Waals surface area contributed by atoms with Gasteiger partial charge in [-0.05, 0) is 24.2 Å². The van der Waals surface area contributed by atoms with E-state index in [-0.39, 0.29) is 10.8 Å². The maximum absolute atomic E-state index is 12.2. The fraction of sp³-hybridized carbons (Fsp3) is 0.0625. The highest BCUT2D eigenvalue weighted by atomic mass is 32.2. The van der Waals surface area contributed by atoms with E-state index in [2.05, 4.69) is 5.16 Å². The molecular formula is C16H13NO4S. The maximum atomic E-state index is 12.2. The molecule has 0 saturated carbocycles. The third kappa shape index (κ3) is 3.01. The van der Waals surface area contributed by atoms with Gasteiger partial charge in [0.1, 0.15) is 4.90 Å². The van der Waals surface area contributed by atoms with Gasteiger partial charge < -0.3 is 8.71 Å². The number of aromatic nitrogens is 1. The quantitative estimate of drug-likeness (QED) is 0.690. The Balaban J connectivity index is 1.84. The van der Waals surface area contributed by atoms with E-state index in [9.17, 15) is 8.42 Å². The number of aryl methyl sites for hydroxylation is 1. The monoisotopic (exact) mass is 315 g/mol. The van der Waals surface area contributed by atoms with Gasteiger partial charge in [-0.1, -0.05) is 48.0 Å². The van der Waals surface area contributed by atoms with E-state index in [1.54, 1.807) is 12.1 Å². The molecule has 0 aliphatic carbocycles. The Kier molecular flexibility index (Phi) is 3.68. The van der Waals surface area contributed by atoms with Crippen molar-refractivity contribution < 1.29 is 17.1 Å². The van der Waals surface area contributed by atoms with Gasteiger partial charge in [0.05, 0.1) is 6.07 Å². The van der Waals surface area contributed by atoms with E-state index in [4.69, 9.17) is 8.71 Å². The summed E-state index contributed by atoms with van der Waals surface area (Å²) in [6.45, 7) is 1.88. The standard InChI is InChI=1S/C16H13NO4S/c1-12-7-9-14(10-8-12)22(18,19)21-16-11-15(20-17-16)13-5-3-2-4-6-13/h2-11H,1H3. The molecule has 0 bridgehead atoms. The van der Waals surface area contributed by atoms with Crippen LogP contribution >= 0.6 is 0 Å². The Hall–Kier alpha value is -2.60. The lowest BCUT2D eigenvalue weighted by Gasteiger charge is -2.03. The van der Waals surface area contributed by atoms with Gasteiger partial charge in [-0.15, -0.1) is 0 Å². The van der Waals surface area contributed by atoms with Crippen LogP contribution in [0.3, 0.4) is 0 Å². The Morgan fingerprint density at radius 3 is 2.36 bits per heavy atom. The molecule has 1 heterocycles. The Morgan fingerprint density at radius 1 is 1.00 bits per heavy atom. The summed E-state index contributed by atoms with van der Waals surface area (Å²) in [6.07, 6.45) is 0. The molecule has 0 N–H and O–H groups in total. The number of hydrogen-bond donors (Lipinski definition) is 0. The minimum Gasteiger partial charge on any atom is -0.355 e.